The molecule has 0 saturated heterocycles. The third-order valence-corrected chi connectivity index (χ3v) is 9.79. The number of hydrogen-bond acceptors (Lipinski definition) is 4. The van der Waals surface area contributed by atoms with Gasteiger partial charge in [-0.05, 0) is 81.0 Å². The lowest BCUT2D eigenvalue weighted by Crippen LogP contribution is -2.30. The summed E-state index contributed by atoms with van der Waals surface area (Å²) in [4.78, 5) is 15.0. The average Bonchev–Trinajstić information content (AvgIpc) is 3.57. The molecule has 0 amide bonds. The fourth-order valence-electron chi connectivity index (χ4n) is 7.53. The molecule has 5 nitrogen and oxygen atoms in total. The number of hydrogen-bond donors (Lipinski definition) is 0. The molecule has 0 fully saturated rings. The normalized spacial score (nSPS) is 18.0. The highest BCUT2D eigenvalue weighted by Crippen LogP contribution is 2.53. The molecule has 6 aromatic rings. The van der Waals surface area contributed by atoms with Crippen molar-refractivity contribution in [2.24, 2.45) is 4.99 Å². The van der Waals surface area contributed by atoms with E-state index in [1.807, 2.05) is 37.4 Å². The zero-order valence-corrected chi connectivity index (χ0v) is 27.1. The van der Waals surface area contributed by atoms with E-state index in [0.29, 0.717) is 0 Å². The summed E-state index contributed by atoms with van der Waals surface area (Å²) in [6.45, 7) is 4.17. The molecule has 232 valence electrons. The Morgan fingerprint density at radius 1 is 0.872 bits per heavy atom. The van der Waals surface area contributed by atoms with Crippen molar-refractivity contribution in [1.82, 2.24) is 9.88 Å². The van der Waals surface area contributed by atoms with Gasteiger partial charge in [0.05, 0.1) is 23.0 Å². The third-order valence-electron chi connectivity index (χ3n) is 9.79. The zero-order valence-electron chi connectivity index (χ0n) is 27.1. The van der Waals surface area contributed by atoms with Gasteiger partial charge in [0.1, 0.15) is 17.2 Å². The number of fused-ring (bicyclic) bond motifs is 8. The molecule has 3 heterocycles. The monoisotopic (exact) mass is 614 g/mol. The number of aliphatic imine (C=N–C) groups is 1. The van der Waals surface area contributed by atoms with Crippen LogP contribution >= 0.6 is 0 Å². The summed E-state index contributed by atoms with van der Waals surface area (Å²) in [5, 5.41) is 3.60. The third kappa shape index (κ3) is 4.94. The summed E-state index contributed by atoms with van der Waals surface area (Å²) < 4.78 is 6.70. The van der Waals surface area contributed by atoms with E-state index in [-0.39, 0.29) is 12.0 Å². The van der Waals surface area contributed by atoms with Gasteiger partial charge >= 0.3 is 0 Å². The first-order valence-electron chi connectivity index (χ1n) is 16.6. The minimum atomic E-state index is 0.0651. The molecule has 2 aromatic heterocycles. The lowest BCUT2D eigenvalue weighted by Gasteiger charge is -2.31. The van der Waals surface area contributed by atoms with E-state index in [1.54, 1.807) is 0 Å². The Balaban J connectivity index is 1.30. The van der Waals surface area contributed by atoms with Crippen LogP contribution in [-0.4, -0.2) is 28.8 Å². The van der Waals surface area contributed by atoms with Crippen LogP contribution in [0, 0.1) is 0 Å². The zero-order chi connectivity index (χ0) is 31.9. The maximum atomic E-state index is 6.70. The van der Waals surface area contributed by atoms with Gasteiger partial charge in [-0.2, -0.15) is 0 Å². The first-order chi connectivity index (χ1) is 23.1. The van der Waals surface area contributed by atoms with Crippen molar-refractivity contribution in [1.29, 1.82) is 0 Å². The van der Waals surface area contributed by atoms with Gasteiger partial charge in [0.2, 0.25) is 0 Å². The SMILES string of the molecule is C/C=C\C=C(/C)N(C)C(=Nc1ccccc1)c1cccc2c(N3c4cccnc4C4c5oc6ccccc6c5CCCC43)cccc12. The number of nitrogens with zero attached hydrogens (tertiary/aromatic N) is 4. The Hall–Kier alpha value is -5.42. The molecular weight excluding hydrogens is 576 g/mol. The number of amidine groups is 1. The van der Waals surface area contributed by atoms with Crippen molar-refractivity contribution in [3.63, 3.8) is 0 Å². The fraction of sp³-hybridized carbons (Fsp3) is 0.190. The number of pyridine rings is 1. The smallest absolute Gasteiger partial charge is 0.141 e. The van der Waals surface area contributed by atoms with Gasteiger partial charge in [0, 0.05) is 52.6 Å². The molecule has 2 atom stereocenters. The van der Waals surface area contributed by atoms with E-state index in [0.717, 1.165) is 70.2 Å². The first kappa shape index (κ1) is 29.0. The molecule has 8 rings (SSSR count). The molecule has 0 radical (unpaired) electrons. The summed E-state index contributed by atoms with van der Waals surface area (Å²) in [7, 11) is 2.10. The van der Waals surface area contributed by atoms with Crippen molar-refractivity contribution in [2.75, 3.05) is 11.9 Å². The fourth-order valence-corrected chi connectivity index (χ4v) is 7.53. The van der Waals surface area contributed by atoms with Crippen molar-refractivity contribution < 1.29 is 4.42 Å². The molecule has 1 aliphatic heterocycles. The van der Waals surface area contributed by atoms with Crippen molar-refractivity contribution in [2.45, 2.75) is 45.1 Å². The predicted molar refractivity (Wildman–Crippen MR) is 194 cm³/mol. The van der Waals surface area contributed by atoms with E-state index >= 15 is 0 Å². The second-order valence-corrected chi connectivity index (χ2v) is 12.5. The van der Waals surface area contributed by atoms with Gasteiger partial charge in [-0.1, -0.05) is 78.9 Å². The molecular formula is C42H38N4O. The van der Waals surface area contributed by atoms with Crippen LogP contribution in [0.3, 0.4) is 0 Å². The molecule has 2 aliphatic rings. The van der Waals surface area contributed by atoms with Crippen LogP contribution in [0.2, 0.25) is 0 Å². The Morgan fingerprint density at radius 2 is 1.64 bits per heavy atom. The van der Waals surface area contributed by atoms with Crippen LogP contribution in [0.15, 0.2) is 143 Å². The number of allylic oxidation sites excluding steroid dienone is 4. The van der Waals surface area contributed by atoms with Crippen LogP contribution in [0.25, 0.3) is 21.7 Å². The number of rotatable bonds is 5. The highest BCUT2D eigenvalue weighted by molar-refractivity contribution is 6.13. The van der Waals surface area contributed by atoms with E-state index < -0.39 is 0 Å². The van der Waals surface area contributed by atoms with Crippen LogP contribution in [0.5, 0.6) is 0 Å². The second kappa shape index (κ2) is 12.1. The topological polar surface area (TPSA) is 44.9 Å². The Morgan fingerprint density at radius 3 is 2.51 bits per heavy atom. The molecule has 4 aromatic carbocycles. The van der Waals surface area contributed by atoms with Gasteiger partial charge in [-0.25, -0.2) is 4.99 Å². The van der Waals surface area contributed by atoms with Gasteiger partial charge in [-0.15, -0.1) is 0 Å². The number of aryl methyl sites for hydroxylation is 1. The summed E-state index contributed by atoms with van der Waals surface area (Å²) in [5.41, 5.74) is 8.88. The predicted octanol–water partition coefficient (Wildman–Crippen LogP) is 10.5. The Bertz CT molecular complexity index is 2190. The number of para-hydroxylation sites is 2. The van der Waals surface area contributed by atoms with Gasteiger partial charge in [-0.3, -0.25) is 4.98 Å². The molecule has 0 N–H and O–H groups in total. The van der Waals surface area contributed by atoms with Gasteiger partial charge in [0.25, 0.3) is 0 Å². The quantitative estimate of drug-likeness (QED) is 0.110. The van der Waals surface area contributed by atoms with Gasteiger partial charge < -0.3 is 14.2 Å². The maximum absolute atomic E-state index is 6.70. The van der Waals surface area contributed by atoms with Crippen LogP contribution in [0.1, 0.15) is 55.2 Å². The summed E-state index contributed by atoms with van der Waals surface area (Å²) in [5.74, 6) is 2.05. The highest BCUT2D eigenvalue weighted by atomic mass is 16.3. The van der Waals surface area contributed by atoms with Gasteiger partial charge in [0.15, 0.2) is 0 Å². The van der Waals surface area contributed by atoms with E-state index in [4.69, 9.17) is 14.4 Å². The number of anilines is 2. The molecule has 0 bridgehead atoms. The van der Waals surface area contributed by atoms with Crippen molar-refractivity contribution in [3.8, 4) is 0 Å². The van der Waals surface area contributed by atoms with Crippen LogP contribution in [-0.2, 0) is 6.42 Å². The van der Waals surface area contributed by atoms with Crippen LogP contribution in [0.4, 0.5) is 17.1 Å². The van der Waals surface area contributed by atoms with Crippen LogP contribution < -0.4 is 4.90 Å². The Labute approximate surface area is 276 Å². The molecule has 2 unspecified atom stereocenters. The lowest BCUT2D eigenvalue weighted by molar-refractivity contribution is 0.474. The molecule has 47 heavy (non-hydrogen) atoms. The summed E-state index contributed by atoms with van der Waals surface area (Å²) in [6.07, 6.45) is 11.3. The largest absolute Gasteiger partial charge is 0.460 e. The molecule has 5 heteroatoms. The molecule has 0 saturated carbocycles. The number of furan rings is 1. The standard InChI is InChI=1S/C42H38N4O/c1-4-5-15-28(2)45(3)42(44-29-16-7-6-8-17-29)34-22-11-20-31-30(34)19-12-23-35(31)46-36-24-13-21-33-32-18-9-10-26-38(32)47-41(33)39(36)40-37(46)25-14-27-43-40/h4-12,14-20,22-23,25-27,36,39H,13,21,24H2,1-3H3/b5-4-,28-15+,44-42?. The summed E-state index contributed by atoms with van der Waals surface area (Å²) in [6, 6.07) is 36.5. The highest BCUT2D eigenvalue weighted by Gasteiger charge is 2.45. The number of aromatic nitrogens is 1. The molecule has 0 spiro atoms. The maximum Gasteiger partial charge on any atom is 0.141 e. The number of benzene rings is 4. The van der Waals surface area contributed by atoms with E-state index in [2.05, 4.69) is 121 Å². The van der Waals surface area contributed by atoms with Crippen molar-refractivity contribution in [3.05, 3.63) is 156 Å². The minimum Gasteiger partial charge on any atom is -0.460 e. The minimum absolute atomic E-state index is 0.0651. The van der Waals surface area contributed by atoms with E-state index in [9.17, 15) is 0 Å². The first-order valence-corrected chi connectivity index (χ1v) is 16.6. The van der Waals surface area contributed by atoms with Crippen molar-refractivity contribution >= 4 is 44.6 Å². The lowest BCUT2D eigenvalue weighted by atomic mass is 9.93. The summed E-state index contributed by atoms with van der Waals surface area (Å²) >= 11 is 0. The molecule has 1 aliphatic carbocycles. The Kier molecular flexibility index (Phi) is 7.45. The van der Waals surface area contributed by atoms with E-state index in [1.165, 1.54) is 22.0 Å². The average molecular weight is 615 g/mol. The second-order valence-electron chi connectivity index (χ2n) is 12.5.